The van der Waals surface area contributed by atoms with Crippen LogP contribution in [0.3, 0.4) is 0 Å². The standard InChI is InChI=1S/C25H25NO4/c1-16-5-10-21(11-6-16)26-24(27)20-8-12-22(13-9-20)30-25(28)19(4)29-23-14-7-17(2)15-18(23)3/h5-15,19H,1-4H3,(H,26,27). The molecule has 0 aliphatic carbocycles. The number of benzene rings is 3. The minimum Gasteiger partial charge on any atom is -0.479 e. The minimum absolute atomic E-state index is 0.233. The lowest BCUT2D eigenvalue weighted by Gasteiger charge is -2.16. The highest BCUT2D eigenvalue weighted by Crippen LogP contribution is 2.21. The molecule has 3 rings (SSSR count). The van der Waals surface area contributed by atoms with Gasteiger partial charge in [0, 0.05) is 11.3 Å². The first-order valence-corrected chi connectivity index (χ1v) is 9.75. The monoisotopic (exact) mass is 403 g/mol. The third-order valence-electron chi connectivity index (χ3n) is 4.61. The zero-order chi connectivity index (χ0) is 21.7. The van der Waals surface area contributed by atoms with Gasteiger partial charge in [0.05, 0.1) is 0 Å². The summed E-state index contributed by atoms with van der Waals surface area (Å²) in [6, 6.07) is 19.7. The Balaban J connectivity index is 1.58. The number of hydrogen-bond donors (Lipinski definition) is 1. The zero-order valence-electron chi connectivity index (χ0n) is 17.6. The third-order valence-corrected chi connectivity index (χ3v) is 4.61. The Bertz CT molecular complexity index is 1040. The quantitative estimate of drug-likeness (QED) is 0.452. The summed E-state index contributed by atoms with van der Waals surface area (Å²) in [5.41, 5.74) is 4.39. The molecule has 5 nitrogen and oxygen atoms in total. The van der Waals surface area contributed by atoms with E-state index in [-0.39, 0.29) is 5.91 Å². The molecule has 0 aliphatic rings. The molecule has 1 unspecified atom stereocenters. The molecule has 1 N–H and O–H groups in total. The maximum atomic E-state index is 12.4. The van der Waals surface area contributed by atoms with Crippen LogP contribution in [-0.2, 0) is 4.79 Å². The lowest BCUT2D eigenvalue weighted by molar-refractivity contribution is -0.141. The summed E-state index contributed by atoms with van der Waals surface area (Å²) in [6.07, 6.45) is -0.768. The number of rotatable bonds is 6. The topological polar surface area (TPSA) is 64.6 Å². The van der Waals surface area contributed by atoms with Crippen LogP contribution in [0.1, 0.15) is 34.0 Å². The number of carbonyl (C=O) groups is 2. The number of esters is 1. The summed E-state index contributed by atoms with van der Waals surface area (Å²) in [4.78, 5) is 24.7. The lowest BCUT2D eigenvalue weighted by Crippen LogP contribution is -2.28. The predicted octanol–water partition coefficient (Wildman–Crippen LogP) is 5.24. The van der Waals surface area contributed by atoms with Crippen molar-refractivity contribution in [2.24, 2.45) is 0 Å². The van der Waals surface area contributed by atoms with Crippen molar-refractivity contribution in [3.8, 4) is 11.5 Å². The van der Waals surface area contributed by atoms with Crippen molar-refractivity contribution in [2.45, 2.75) is 33.8 Å². The Kier molecular flexibility index (Phi) is 6.52. The Labute approximate surface area is 176 Å². The van der Waals surface area contributed by atoms with Crippen LogP contribution in [0.5, 0.6) is 11.5 Å². The number of aryl methyl sites for hydroxylation is 3. The van der Waals surface area contributed by atoms with Gasteiger partial charge in [0.15, 0.2) is 6.10 Å². The summed E-state index contributed by atoms with van der Waals surface area (Å²) >= 11 is 0. The maximum absolute atomic E-state index is 12.4. The molecular formula is C25H25NO4. The number of hydrogen-bond acceptors (Lipinski definition) is 4. The second-order valence-corrected chi connectivity index (χ2v) is 7.29. The summed E-state index contributed by atoms with van der Waals surface area (Å²) in [6.45, 7) is 7.56. The molecule has 0 saturated carbocycles. The van der Waals surface area contributed by atoms with E-state index in [1.54, 1.807) is 31.2 Å². The molecule has 30 heavy (non-hydrogen) atoms. The van der Waals surface area contributed by atoms with Gasteiger partial charge in [-0.25, -0.2) is 4.79 Å². The van der Waals surface area contributed by atoms with Gasteiger partial charge in [-0.15, -0.1) is 0 Å². The molecule has 0 aliphatic heterocycles. The molecule has 0 heterocycles. The number of amides is 1. The Morgan fingerprint density at radius 1 is 0.833 bits per heavy atom. The van der Waals surface area contributed by atoms with Crippen LogP contribution in [0.15, 0.2) is 66.7 Å². The van der Waals surface area contributed by atoms with E-state index in [9.17, 15) is 9.59 Å². The van der Waals surface area contributed by atoms with Gasteiger partial charge in [0.1, 0.15) is 11.5 Å². The summed E-state index contributed by atoms with van der Waals surface area (Å²) in [5.74, 6) is 0.256. The van der Waals surface area contributed by atoms with Crippen LogP contribution >= 0.6 is 0 Å². The van der Waals surface area contributed by atoms with Gasteiger partial charge in [-0.1, -0.05) is 35.4 Å². The van der Waals surface area contributed by atoms with E-state index in [1.165, 1.54) is 0 Å². The van der Waals surface area contributed by atoms with Crippen LogP contribution in [0.4, 0.5) is 5.69 Å². The summed E-state index contributed by atoms with van der Waals surface area (Å²) < 4.78 is 11.1. The molecule has 3 aromatic carbocycles. The molecule has 1 amide bonds. The van der Waals surface area contributed by atoms with Crippen molar-refractivity contribution >= 4 is 17.6 Å². The first-order valence-electron chi connectivity index (χ1n) is 9.75. The first-order chi connectivity index (χ1) is 14.3. The molecular weight excluding hydrogens is 378 g/mol. The Hall–Kier alpha value is -3.60. The number of anilines is 1. The Morgan fingerprint density at radius 3 is 2.10 bits per heavy atom. The highest BCUT2D eigenvalue weighted by molar-refractivity contribution is 6.04. The first kappa shape index (κ1) is 21.1. The van der Waals surface area contributed by atoms with Crippen molar-refractivity contribution in [1.29, 1.82) is 0 Å². The van der Waals surface area contributed by atoms with Crippen molar-refractivity contribution in [2.75, 3.05) is 5.32 Å². The van der Waals surface area contributed by atoms with Crippen LogP contribution in [0.2, 0.25) is 0 Å². The summed E-state index contributed by atoms with van der Waals surface area (Å²) in [5, 5.41) is 2.83. The van der Waals surface area contributed by atoms with Crippen LogP contribution in [0.25, 0.3) is 0 Å². The molecule has 0 aromatic heterocycles. The van der Waals surface area contributed by atoms with Gasteiger partial charge < -0.3 is 14.8 Å². The zero-order valence-corrected chi connectivity index (χ0v) is 17.6. The average molecular weight is 403 g/mol. The molecule has 1 atom stereocenters. The van der Waals surface area contributed by atoms with Crippen LogP contribution in [0, 0.1) is 20.8 Å². The minimum atomic E-state index is -0.768. The van der Waals surface area contributed by atoms with Crippen molar-refractivity contribution in [3.05, 3.63) is 89.0 Å². The molecule has 0 spiro atoms. The maximum Gasteiger partial charge on any atom is 0.352 e. The van der Waals surface area contributed by atoms with E-state index in [2.05, 4.69) is 5.32 Å². The van der Waals surface area contributed by atoms with Gasteiger partial charge in [-0.05, 0) is 75.7 Å². The fourth-order valence-electron chi connectivity index (χ4n) is 2.88. The van der Waals surface area contributed by atoms with Gasteiger partial charge in [0.25, 0.3) is 5.91 Å². The number of ether oxygens (including phenoxy) is 2. The van der Waals surface area contributed by atoms with Crippen molar-refractivity contribution in [1.82, 2.24) is 0 Å². The van der Waals surface area contributed by atoms with E-state index in [0.717, 1.165) is 22.4 Å². The average Bonchev–Trinajstić information content (AvgIpc) is 2.72. The molecule has 0 bridgehead atoms. The highest BCUT2D eigenvalue weighted by Gasteiger charge is 2.18. The Morgan fingerprint density at radius 2 is 1.47 bits per heavy atom. The van der Waals surface area contributed by atoms with E-state index < -0.39 is 12.1 Å². The lowest BCUT2D eigenvalue weighted by atomic mass is 10.1. The molecule has 0 fully saturated rings. The molecule has 154 valence electrons. The van der Waals surface area contributed by atoms with Crippen LogP contribution in [-0.4, -0.2) is 18.0 Å². The second kappa shape index (κ2) is 9.27. The fourth-order valence-corrected chi connectivity index (χ4v) is 2.88. The van der Waals surface area contributed by atoms with Crippen molar-refractivity contribution in [3.63, 3.8) is 0 Å². The predicted molar refractivity (Wildman–Crippen MR) is 117 cm³/mol. The molecule has 0 radical (unpaired) electrons. The largest absolute Gasteiger partial charge is 0.479 e. The van der Waals surface area contributed by atoms with E-state index >= 15 is 0 Å². The van der Waals surface area contributed by atoms with E-state index in [4.69, 9.17) is 9.47 Å². The third kappa shape index (κ3) is 5.47. The highest BCUT2D eigenvalue weighted by atomic mass is 16.6. The smallest absolute Gasteiger partial charge is 0.352 e. The van der Waals surface area contributed by atoms with Crippen LogP contribution < -0.4 is 14.8 Å². The van der Waals surface area contributed by atoms with Crippen molar-refractivity contribution < 1.29 is 19.1 Å². The second-order valence-electron chi connectivity index (χ2n) is 7.29. The van der Waals surface area contributed by atoms with E-state index in [1.807, 2.05) is 63.2 Å². The number of nitrogens with one attached hydrogen (secondary N) is 1. The van der Waals surface area contributed by atoms with Gasteiger partial charge in [-0.3, -0.25) is 4.79 Å². The normalized spacial score (nSPS) is 11.5. The fraction of sp³-hybridized carbons (Fsp3) is 0.200. The number of carbonyl (C=O) groups excluding carboxylic acids is 2. The summed E-state index contributed by atoms with van der Waals surface area (Å²) in [7, 11) is 0. The SMILES string of the molecule is Cc1ccc(NC(=O)c2ccc(OC(=O)C(C)Oc3ccc(C)cc3C)cc2)cc1. The molecule has 0 saturated heterocycles. The molecule has 3 aromatic rings. The molecule has 5 heteroatoms. The van der Waals surface area contributed by atoms with Gasteiger partial charge >= 0.3 is 5.97 Å². The van der Waals surface area contributed by atoms with Gasteiger partial charge in [0.2, 0.25) is 0 Å². The van der Waals surface area contributed by atoms with Gasteiger partial charge in [-0.2, -0.15) is 0 Å². The van der Waals surface area contributed by atoms with E-state index in [0.29, 0.717) is 17.1 Å².